The van der Waals surface area contributed by atoms with E-state index >= 15 is 0 Å². The fourth-order valence-electron chi connectivity index (χ4n) is 3.09. The van der Waals surface area contributed by atoms with E-state index < -0.39 is 0 Å². The zero-order chi connectivity index (χ0) is 21.7. The van der Waals surface area contributed by atoms with Gasteiger partial charge in [0.25, 0.3) is 5.91 Å². The molecule has 0 radical (unpaired) electrons. The van der Waals surface area contributed by atoms with Gasteiger partial charge in [0.05, 0.1) is 23.9 Å². The quantitative estimate of drug-likeness (QED) is 0.560. The molecule has 0 spiro atoms. The predicted octanol–water partition coefficient (Wildman–Crippen LogP) is 4.79. The Bertz CT molecular complexity index is 999. The zero-order valence-electron chi connectivity index (χ0n) is 17.3. The number of carbonyl (C=O) groups is 1. The number of benzene rings is 2. The highest BCUT2D eigenvalue weighted by molar-refractivity contribution is 6.33. The first-order chi connectivity index (χ1) is 14.3. The Morgan fingerprint density at radius 1 is 1.13 bits per heavy atom. The van der Waals surface area contributed by atoms with Gasteiger partial charge in [0, 0.05) is 6.54 Å². The van der Waals surface area contributed by atoms with Gasteiger partial charge in [-0.2, -0.15) is 5.10 Å². The average Bonchev–Trinajstić information content (AvgIpc) is 2.97. The molecule has 1 heterocycles. The normalized spacial score (nSPS) is 11.0. The minimum atomic E-state index is -0.302. The number of nitrogens with one attached hydrogen (secondary N) is 1. The second kappa shape index (κ2) is 9.76. The number of hydrogen-bond acceptors (Lipinski definition) is 3. The number of rotatable bonds is 8. The van der Waals surface area contributed by atoms with Crippen LogP contribution in [0.3, 0.4) is 0 Å². The molecule has 0 fully saturated rings. The molecule has 158 valence electrons. The van der Waals surface area contributed by atoms with Gasteiger partial charge in [-0.25, -0.2) is 9.07 Å². The standard InChI is InChI=1S/C23H25ClFN3O2/c1-15(2)30-20-10-6-17(7-11-20)12-13-26-23(29)21-16(3)27-28(22(21)24)14-18-4-8-19(25)9-5-18/h4-11,15H,12-14H2,1-3H3,(H,26,29). The molecule has 0 aliphatic heterocycles. The molecule has 3 aromatic rings. The van der Waals surface area contributed by atoms with E-state index in [0.29, 0.717) is 30.8 Å². The summed E-state index contributed by atoms with van der Waals surface area (Å²) in [5.41, 5.74) is 2.85. The molecule has 2 aromatic carbocycles. The van der Waals surface area contributed by atoms with Crippen molar-refractivity contribution in [3.63, 3.8) is 0 Å². The molecule has 1 N–H and O–H groups in total. The van der Waals surface area contributed by atoms with Gasteiger partial charge < -0.3 is 10.1 Å². The van der Waals surface area contributed by atoms with Crippen LogP contribution in [0.1, 0.15) is 41.0 Å². The molecule has 7 heteroatoms. The summed E-state index contributed by atoms with van der Waals surface area (Å²) in [5.74, 6) is 0.264. The maximum absolute atomic E-state index is 13.1. The lowest BCUT2D eigenvalue weighted by atomic mass is 10.1. The first-order valence-electron chi connectivity index (χ1n) is 9.84. The van der Waals surface area contributed by atoms with Crippen LogP contribution in [0.25, 0.3) is 0 Å². The van der Waals surface area contributed by atoms with Gasteiger partial charge in [-0.05, 0) is 62.6 Å². The Morgan fingerprint density at radius 2 is 1.77 bits per heavy atom. The molecule has 1 aromatic heterocycles. The van der Waals surface area contributed by atoms with E-state index in [1.807, 2.05) is 38.1 Å². The molecule has 0 atom stereocenters. The zero-order valence-corrected chi connectivity index (χ0v) is 18.0. The number of ether oxygens (including phenoxy) is 1. The highest BCUT2D eigenvalue weighted by atomic mass is 35.5. The Morgan fingerprint density at radius 3 is 2.40 bits per heavy atom. The predicted molar refractivity (Wildman–Crippen MR) is 116 cm³/mol. The smallest absolute Gasteiger partial charge is 0.256 e. The summed E-state index contributed by atoms with van der Waals surface area (Å²) in [6.07, 6.45) is 0.820. The van der Waals surface area contributed by atoms with Crippen LogP contribution in [-0.4, -0.2) is 28.3 Å². The van der Waals surface area contributed by atoms with Crippen molar-refractivity contribution in [2.24, 2.45) is 0 Å². The van der Waals surface area contributed by atoms with E-state index in [9.17, 15) is 9.18 Å². The van der Waals surface area contributed by atoms with Crippen LogP contribution in [0.2, 0.25) is 5.15 Å². The van der Waals surface area contributed by atoms with E-state index in [1.165, 1.54) is 12.1 Å². The third-order valence-corrected chi connectivity index (χ3v) is 4.92. The second-order valence-electron chi connectivity index (χ2n) is 7.35. The van der Waals surface area contributed by atoms with Gasteiger partial charge in [-0.1, -0.05) is 35.9 Å². The second-order valence-corrected chi connectivity index (χ2v) is 7.71. The van der Waals surface area contributed by atoms with E-state index in [1.54, 1.807) is 23.7 Å². The monoisotopic (exact) mass is 429 g/mol. The molecule has 0 bridgehead atoms. The molecule has 0 aliphatic carbocycles. The number of aryl methyl sites for hydroxylation is 1. The molecular formula is C23H25ClFN3O2. The van der Waals surface area contributed by atoms with Crippen molar-refractivity contribution >= 4 is 17.5 Å². The van der Waals surface area contributed by atoms with Crippen molar-refractivity contribution in [3.8, 4) is 5.75 Å². The molecule has 0 saturated carbocycles. The van der Waals surface area contributed by atoms with Crippen LogP contribution in [0.5, 0.6) is 5.75 Å². The Kier molecular flexibility index (Phi) is 7.11. The van der Waals surface area contributed by atoms with Crippen LogP contribution in [0.15, 0.2) is 48.5 Å². The largest absolute Gasteiger partial charge is 0.491 e. The van der Waals surface area contributed by atoms with Gasteiger partial charge in [0.1, 0.15) is 16.7 Å². The first-order valence-corrected chi connectivity index (χ1v) is 10.2. The van der Waals surface area contributed by atoms with Crippen LogP contribution in [0.4, 0.5) is 4.39 Å². The summed E-state index contributed by atoms with van der Waals surface area (Å²) in [7, 11) is 0. The lowest BCUT2D eigenvalue weighted by Crippen LogP contribution is -2.26. The molecule has 30 heavy (non-hydrogen) atoms. The van der Waals surface area contributed by atoms with E-state index in [2.05, 4.69) is 10.4 Å². The van der Waals surface area contributed by atoms with Crippen LogP contribution < -0.4 is 10.1 Å². The van der Waals surface area contributed by atoms with Crippen LogP contribution in [0, 0.1) is 12.7 Å². The Balaban J connectivity index is 1.58. The number of aromatic nitrogens is 2. The van der Waals surface area contributed by atoms with Crippen molar-refractivity contribution in [2.45, 2.75) is 39.8 Å². The highest BCUT2D eigenvalue weighted by Gasteiger charge is 2.20. The van der Waals surface area contributed by atoms with Crippen LogP contribution in [-0.2, 0) is 13.0 Å². The number of amides is 1. The van der Waals surface area contributed by atoms with E-state index in [4.69, 9.17) is 16.3 Å². The molecule has 0 unspecified atom stereocenters. The summed E-state index contributed by atoms with van der Waals surface area (Å²) in [4.78, 5) is 12.6. The van der Waals surface area contributed by atoms with Gasteiger partial charge in [0.2, 0.25) is 0 Å². The van der Waals surface area contributed by atoms with Crippen molar-refractivity contribution in [3.05, 3.63) is 81.9 Å². The van der Waals surface area contributed by atoms with Crippen molar-refractivity contribution in [1.82, 2.24) is 15.1 Å². The fourth-order valence-corrected chi connectivity index (χ4v) is 3.41. The number of hydrogen-bond donors (Lipinski definition) is 1. The van der Waals surface area contributed by atoms with Crippen molar-refractivity contribution in [1.29, 1.82) is 0 Å². The molecule has 0 aliphatic rings. The van der Waals surface area contributed by atoms with Crippen LogP contribution >= 0.6 is 11.6 Å². The third-order valence-electron chi connectivity index (χ3n) is 4.53. The molecule has 3 rings (SSSR count). The summed E-state index contributed by atoms with van der Waals surface area (Å²) in [6.45, 7) is 6.55. The highest BCUT2D eigenvalue weighted by Crippen LogP contribution is 2.21. The maximum Gasteiger partial charge on any atom is 0.256 e. The van der Waals surface area contributed by atoms with Gasteiger partial charge in [0.15, 0.2) is 0 Å². The molecular weight excluding hydrogens is 405 g/mol. The maximum atomic E-state index is 13.1. The van der Waals surface area contributed by atoms with E-state index in [-0.39, 0.29) is 23.0 Å². The number of carbonyl (C=O) groups excluding carboxylic acids is 1. The average molecular weight is 430 g/mol. The third kappa shape index (κ3) is 5.60. The fraction of sp³-hybridized carbons (Fsp3) is 0.304. The molecule has 0 saturated heterocycles. The minimum absolute atomic E-state index is 0.132. The van der Waals surface area contributed by atoms with Gasteiger partial charge in [-0.3, -0.25) is 4.79 Å². The SMILES string of the molecule is Cc1nn(Cc2ccc(F)cc2)c(Cl)c1C(=O)NCCc1ccc(OC(C)C)cc1. The topological polar surface area (TPSA) is 56.2 Å². The summed E-state index contributed by atoms with van der Waals surface area (Å²) in [5, 5.41) is 7.54. The number of nitrogens with zero attached hydrogens (tertiary/aromatic N) is 2. The minimum Gasteiger partial charge on any atom is -0.491 e. The van der Waals surface area contributed by atoms with Crippen molar-refractivity contribution in [2.75, 3.05) is 6.54 Å². The molecule has 1 amide bonds. The van der Waals surface area contributed by atoms with E-state index in [0.717, 1.165) is 16.9 Å². The first kappa shape index (κ1) is 21.8. The lowest BCUT2D eigenvalue weighted by molar-refractivity contribution is 0.0953. The Labute approximate surface area is 180 Å². The van der Waals surface area contributed by atoms with Crippen molar-refractivity contribution < 1.29 is 13.9 Å². The molecule has 5 nitrogen and oxygen atoms in total. The summed E-state index contributed by atoms with van der Waals surface area (Å²) in [6, 6.07) is 13.9. The summed E-state index contributed by atoms with van der Waals surface area (Å²) >= 11 is 6.41. The summed E-state index contributed by atoms with van der Waals surface area (Å²) < 4.78 is 20.3. The Hall–Kier alpha value is -2.86. The van der Waals surface area contributed by atoms with Gasteiger partial charge >= 0.3 is 0 Å². The number of halogens is 2. The lowest BCUT2D eigenvalue weighted by Gasteiger charge is -2.10. The van der Waals surface area contributed by atoms with Gasteiger partial charge in [-0.15, -0.1) is 0 Å².